The molecule has 6 nitrogen and oxygen atoms in total. The largest absolute Gasteiger partial charge is 0.300 e. The summed E-state index contributed by atoms with van der Waals surface area (Å²) in [6, 6.07) is 12.3. The summed E-state index contributed by atoms with van der Waals surface area (Å²) in [6.07, 6.45) is 4.88. The van der Waals surface area contributed by atoms with E-state index in [0.717, 1.165) is 17.3 Å². The zero-order valence-electron chi connectivity index (χ0n) is 12.4. The molecule has 1 amide bonds. The van der Waals surface area contributed by atoms with Crippen LogP contribution in [0.4, 0.5) is 0 Å². The number of benzene rings is 1. The number of carbonyl (C=O) groups excluding carboxylic acids is 1. The van der Waals surface area contributed by atoms with Crippen LogP contribution in [0.3, 0.4) is 0 Å². The quantitative estimate of drug-likeness (QED) is 0.845. The molecule has 2 aromatic rings. The fraction of sp³-hybridized carbons (Fsp3) is 0.0625. The van der Waals surface area contributed by atoms with Crippen molar-refractivity contribution >= 4 is 38.9 Å². The Labute approximate surface area is 143 Å². The number of amides is 1. The third-order valence-electron chi connectivity index (χ3n) is 3.05. The molecule has 3 rings (SSSR count). The Bertz CT molecular complexity index is 908. The van der Waals surface area contributed by atoms with Gasteiger partial charge in [0.15, 0.2) is 5.17 Å². The van der Waals surface area contributed by atoms with Gasteiger partial charge in [-0.2, -0.15) is 0 Å². The van der Waals surface area contributed by atoms with E-state index in [0.29, 0.717) is 10.5 Å². The molecule has 0 spiro atoms. The summed E-state index contributed by atoms with van der Waals surface area (Å²) in [7, 11) is -3.72. The number of nitrogens with zero attached hydrogens (tertiary/aromatic N) is 2. The summed E-state index contributed by atoms with van der Waals surface area (Å²) in [4.78, 5) is 16.3. The van der Waals surface area contributed by atoms with E-state index in [1.54, 1.807) is 54.9 Å². The summed E-state index contributed by atoms with van der Waals surface area (Å²) >= 11 is 0.995. The highest BCUT2D eigenvalue weighted by atomic mass is 32.2. The van der Waals surface area contributed by atoms with Crippen molar-refractivity contribution in [2.45, 2.75) is 5.75 Å². The van der Waals surface area contributed by atoms with Gasteiger partial charge in [-0.15, -0.1) is 4.40 Å². The fourth-order valence-electron chi connectivity index (χ4n) is 2.03. The second-order valence-corrected chi connectivity index (χ2v) is 7.63. The van der Waals surface area contributed by atoms with Gasteiger partial charge in [-0.3, -0.25) is 15.1 Å². The number of carbonyl (C=O) groups is 1. The van der Waals surface area contributed by atoms with E-state index in [-0.39, 0.29) is 16.8 Å². The Morgan fingerprint density at radius 1 is 1.17 bits per heavy atom. The van der Waals surface area contributed by atoms with E-state index < -0.39 is 10.0 Å². The number of pyridine rings is 1. The average molecular weight is 359 g/mol. The minimum absolute atomic E-state index is 0.0612. The van der Waals surface area contributed by atoms with Crippen LogP contribution in [0.5, 0.6) is 0 Å². The van der Waals surface area contributed by atoms with Gasteiger partial charge in [0, 0.05) is 12.4 Å². The Morgan fingerprint density at radius 3 is 2.67 bits per heavy atom. The second-order valence-electron chi connectivity index (χ2n) is 4.96. The molecule has 1 aromatic carbocycles. The van der Waals surface area contributed by atoms with Crippen molar-refractivity contribution in [1.82, 2.24) is 10.3 Å². The number of amidine groups is 1. The maximum Gasteiger partial charge on any atom is 0.264 e. The second kappa shape index (κ2) is 6.98. The van der Waals surface area contributed by atoms with Crippen LogP contribution >= 0.6 is 11.8 Å². The fourth-order valence-corrected chi connectivity index (χ4v) is 4.18. The lowest BCUT2D eigenvalue weighted by Gasteiger charge is -2.00. The van der Waals surface area contributed by atoms with Crippen LogP contribution in [-0.2, 0) is 20.6 Å². The molecule has 1 aliphatic rings. The highest BCUT2D eigenvalue weighted by Gasteiger charge is 2.26. The summed E-state index contributed by atoms with van der Waals surface area (Å²) in [5.41, 5.74) is 1.39. The van der Waals surface area contributed by atoms with E-state index in [1.165, 1.54) is 0 Å². The van der Waals surface area contributed by atoms with Crippen molar-refractivity contribution in [3.8, 4) is 0 Å². The van der Waals surface area contributed by atoms with Crippen molar-refractivity contribution in [1.29, 1.82) is 0 Å². The summed E-state index contributed by atoms with van der Waals surface area (Å²) in [6.45, 7) is 0. The lowest BCUT2D eigenvalue weighted by molar-refractivity contribution is -0.115. The molecule has 1 saturated heterocycles. The molecule has 1 fully saturated rings. The summed E-state index contributed by atoms with van der Waals surface area (Å²) in [5.74, 6) is -0.590. The molecule has 0 atom stereocenters. The Morgan fingerprint density at radius 2 is 1.96 bits per heavy atom. The monoisotopic (exact) mass is 359 g/mol. The molecule has 1 N–H and O–H groups in total. The van der Waals surface area contributed by atoms with Gasteiger partial charge in [-0.05, 0) is 35.0 Å². The maximum atomic E-state index is 12.1. The van der Waals surface area contributed by atoms with Gasteiger partial charge >= 0.3 is 0 Å². The third-order valence-corrected chi connectivity index (χ3v) is 5.23. The van der Waals surface area contributed by atoms with Crippen molar-refractivity contribution in [2.24, 2.45) is 4.40 Å². The summed E-state index contributed by atoms with van der Waals surface area (Å²) in [5, 5.41) is 2.53. The molecule has 0 unspecified atom stereocenters. The van der Waals surface area contributed by atoms with Gasteiger partial charge in [0.05, 0.1) is 10.7 Å². The van der Waals surface area contributed by atoms with E-state index in [4.69, 9.17) is 0 Å². The first-order valence-corrected chi connectivity index (χ1v) is 9.42. The summed E-state index contributed by atoms with van der Waals surface area (Å²) < 4.78 is 28.0. The van der Waals surface area contributed by atoms with Gasteiger partial charge in [0.2, 0.25) is 0 Å². The Hall–Kier alpha value is -2.45. The number of nitrogens with one attached hydrogen (secondary N) is 1. The molecule has 122 valence electrons. The van der Waals surface area contributed by atoms with Crippen LogP contribution < -0.4 is 5.32 Å². The maximum absolute atomic E-state index is 12.1. The van der Waals surface area contributed by atoms with Gasteiger partial charge in [-0.1, -0.05) is 36.4 Å². The number of hydrogen-bond donors (Lipinski definition) is 1. The van der Waals surface area contributed by atoms with Gasteiger partial charge in [-0.25, -0.2) is 8.42 Å². The van der Waals surface area contributed by atoms with Crippen molar-refractivity contribution in [2.75, 3.05) is 0 Å². The van der Waals surface area contributed by atoms with E-state index >= 15 is 0 Å². The van der Waals surface area contributed by atoms with Crippen LogP contribution in [0.1, 0.15) is 11.1 Å². The van der Waals surface area contributed by atoms with E-state index in [1.807, 2.05) is 6.07 Å². The molecule has 0 radical (unpaired) electrons. The number of thioether (sulfide) groups is 1. The predicted molar refractivity (Wildman–Crippen MR) is 94.4 cm³/mol. The van der Waals surface area contributed by atoms with Gasteiger partial charge < -0.3 is 0 Å². The average Bonchev–Trinajstić information content (AvgIpc) is 2.87. The molecular formula is C16H13N3O3S2. The zero-order chi connectivity index (χ0) is 17.0. The Kier molecular flexibility index (Phi) is 4.77. The lowest BCUT2D eigenvalue weighted by Crippen LogP contribution is -2.21. The lowest BCUT2D eigenvalue weighted by atomic mass is 10.2. The standard InChI is InChI=1S/C16H13N3O3S2/c20-15-14(9-13-7-4-8-17-10-13)23-16(18-15)19-24(21,22)11-12-5-2-1-3-6-12/h1-10H,11H2,(H,18,19,20). The highest BCUT2D eigenvalue weighted by molar-refractivity contribution is 8.19. The first kappa shape index (κ1) is 16.4. The number of rotatable bonds is 4. The minimum atomic E-state index is -3.72. The normalized spacial score (nSPS) is 18.1. The van der Waals surface area contributed by atoms with Gasteiger partial charge in [0.1, 0.15) is 0 Å². The van der Waals surface area contributed by atoms with Crippen LogP contribution in [0.15, 0.2) is 64.2 Å². The topological polar surface area (TPSA) is 88.5 Å². The molecule has 1 aromatic heterocycles. The molecule has 24 heavy (non-hydrogen) atoms. The highest BCUT2D eigenvalue weighted by Crippen LogP contribution is 2.26. The molecule has 0 saturated carbocycles. The molecule has 2 heterocycles. The van der Waals surface area contributed by atoms with Crippen LogP contribution in [0, 0.1) is 0 Å². The number of hydrogen-bond acceptors (Lipinski definition) is 5. The third kappa shape index (κ3) is 4.30. The molecule has 0 aliphatic carbocycles. The van der Waals surface area contributed by atoms with Crippen LogP contribution in [-0.4, -0.2) is 24.5 Å². The van der Waals surface area contributed by atoms with Gasteiger partial charge in [0.25, 0.3) is 15.9 Å². The Balaban J connectivity index is 1.77. The van der Waals surface area contributed by atoms with Crippen molar-refractivity contribution < 1.29 is 13.2 Å². The SMILES string of the molecule is O=C1N/C(=N/S(=O)(=O)Cc2ccccc2)SC1=Cc1cccnc1. The predicted octanol–water partition coefficient (Wildman–Crippen LogP) is 2.17. The van der Waals surface area contributed by atoms with Crippen molar-refractivity contribution in [3.05, 3.63) is 70.9 Å². The van der Waals surface area contributed by atoms with E-state index in [2.05, 4.69) is 14.7 Å². The first-order valence-electron chi connectivity index (χ1n) is 6.99. The van der Waals surface area contributed by atoms with Crippen LogP contribution in [0.2, 0.25) is 0 Å². The van der Waals surface area contributed by atoms with E-state index in [9.17, 15) is 13.2 Å². The first-order chi connectivity index (χ1) is 11.5. The molecular weight excluding hydrogens is 346 g/mol. The van der Waals surface area contributed by atoms with Crippen molar-refractivity contribution in [3.63, 3.8) is 0 Å². The zero-order valence-corrected chi connectivity index (χ0v) is 14.0. The number of aromatic nitrogens is 1. The molecule has 8 heteroatoms. The molecule has 0 bridgehead atoms. The molecule has 1 aliphatic heterocycles. The number of sulfonamides is 1. The minimum Gasteiger partial charge on any atom is -0.300 e. The van der Waals surface area contributed by atoms with Crippen LogP contribution in [0.25, 0.3) is 6.08 Å². The smallest absolute Gasteiger partial charge is 0.264 e.